The molecule has 5 heterocycles. The summed E-state index contributed by atoms with van der Waals surface area (Å²) in [6.45, 7) is 10.9. The molecule has 1 aromatic carbocycles. The number of fused-ring (bicyclic) bond motifs is 4. The molecule has 0 radical (unpaired) electrons. The van der Waals surface area contributed by atoms with Crippen molar-refractivity contribution in [1.82, 2.24) is 24.8 Å². The molecule has 1 amide bonds. The lowest BCUT2D eigenvalue weighted by atomic mass is 9.94. The maximum atomic E-state index is 16.8. The Bertz CT molecular complexity index is 1940. The van der Waals surface area contributed by atoms with Gasteiger partial charge in [-0.1, -0.05) is 0 Å². The Morgan fingerprint density at radius 3 is 2.60 bits per heavy atom. The van der Waals surface area contributed by atoms with Gasteiger partial charge in [0.25, 0.3) is 0 Å². The highest BCUT2D eigenvalue weighted by Crippen LogP contribution is 2.48. The predicted octanol–water partition coefficient (Wildman–Crippen LogP) is 5.84. The van der Waals surface area contributed by atoms with Gasteiger partial charge in [0, 0.05) is 60.7 Å². The van der Waals surface area contributed by atoms with Crippen molar-refractivity contribution < 1.29 is 27.8 Å². The molecule has 0 spiro atoms. The average molecular weight is 664 g/mol. The molecular weight excluding hydrogens is 628 g/mol. The van der Waals surface area contributed by atoms with E-state index in [1.807, 2.05) is 0 Å². The number of nitriles is 1. The second-order valence-electron chi connectivity index (χ2n) is 13.6. The van der Waals surface area contributed by atoms with Gasteiger partial charge in [-0.15, -0.1) is 11.3 Å². The largest absolute Gasteiger partial charge is 0.463 e. The van der Waals surface area contributed by atoms with E-state index in [1.165, 1.54) is 0 Å². The number of halogens is 2. The molecule has 14 heteroatoms. The molecule has 1 N–H and O–H groups in total. The van der Waals surface area contributed by atoms with Crippen molar-refractivity contribution in [2.24, 2.45) is 5.41 Å². The first-order valence-electron chi connectivity index (χ1n) is 15.6. The van der Waals surface area contributed by atoms with Crippen molar-refractivity contribution in [2.45, 2.75) is 52.4 Å². The molecule has 4 aromatic rings. The summed E-state index contributed by atoms with van der Waals surface area (Å²) >= 11 is 0.856. The van der Waals surface area contributed by atoms with E-state index in [0.29, 0.717) is 23.1 Å². The molecule has 1 saturated carbocycles. The van der Waals surface area contributed by atoms with Gasteiger partial charge in [0.05, 0.1) is 42.0 Å². The van der Waals surface area contributed by atoms with E-state index in [4.69, 9.17) is 14.2 Å². The Morgan fingerprint density at radius 2 is 1.89 bits per heavy atom. The van der Waals surface area contributed by atoms with E-state index >= 15 is 8.78 Å². The smallest absolute Gasteiger partial charge is 0.412 e. The highest BCUT2D eigenvalue weighted by Gasteiger charge is 2.45. The lowest BCUT2D eigenvalue weighted by Gasteiger charge is -2.34. The highest BCUT2D eigenvalue weighted by atomic mass is 32.1. The Hall–Kier alpha value is -4.03. The van der Waals surface area contributed by atoms with Crippen LogP contribution in [0.4, 0.5) is 18.6 Å². The number of benzene rings is 1. The number of nitrogens with zero attached hydrogens (tertiary/aromatic N) is 6. The summed E-state index contributed by atoms with van der Waals surface area (Å²) in [4.78, 5) is 30.6. The topological polar surface area (TPSA) is 126 Å². The fourth-order valence-electron chi connectivity index (χ4n) is 6.29. The van der Waals surface area contributed by atoms with Gasteiger partial charge < -0.3 is 24.0 Å². The normalized spacial score (nSPS) is 17.9. The number of ether oxygens (including phenoxy) is 3. The first-order valence-corrected chi connectivity index (χ1v) is 16.4. The van der Waals surface area contributed by atoms with E-state index in [2.05, 4.69) is 43.2 Å². The third-order valence-corrected chi connectivity index (χ3v) is 10.0. The third kappa shape index (κ3) is 6.09. The number of carbonyl (C=O) groups is 1. The second-order valence-corrected chi connectivity index (χ2v) is 14.6. The number of aromatic nitrogens is 3. The first-order chi connectivity index (χ1) is 22.4. The predicted molar refractivity (Wildman–Crippen MR) is 172 cm³/mol. The zero-order valence-corrected chi connectivity index (χ0v) is 27.5. The highest BCUT2D eigenvalue weighted by molar-refractivity contribution is 7.23. The molecule has 2 fully saturated rings. The molecule has 0 unspecified atom stereocenters. The second kappa shape index (κ2) is 11.9. The van der Waals surface area contributed by atoms with Crippen molar-refractivity contribution in [1.29, 1.82) is 5.26 Å². The van der Waals surface area contributed by atoms with Crippen LogP contribution >= 0.6 is 11.3 Å². The van der Waals surface area contributed by atoms with Gasteiger partial charge in [-0.25, -0.2) is 18.6 Å². The van der Waals surface area contributed by atoms with Crippen LogP contribution in [-0.2, 0) is 22.7 Å². The van der Waals surface area contributed by atoms with Gasteiger partial charge in [0.1, 0.15) is 22.2 Å². The molecular formula is C33H35F2N7O4S. The summed E-state index contributed by atoms with van der Waals surface area (Å²) < 4.78 is 49.2. The molecule has 3 aromatic heterocycles. The zero-order chi connectivity index (χ0) is 33.1. The van der Waals surface area contributed by atoms with Crippen LogP contribution in [0.3, 0.4) is 0 Å². The molecule has 0 atom stereocenters. The van der Waals surface area contributed by atoms with Gasteiger partial charge in [0.2, 0.25) is 0 Å². The number of likely N-dealkylation sites (N-methyl/N-ethyl adjacent to an activating group) is 1. The summed E-state index contributed by atoms with van der Waals surface area (Å²) in [6, 6.07) is 2.12. The molecule has 47 heavy (non-hydrogen) atoms. The average Bonchev–Trinajstić information content (AvgIpc) is 3.43. The number of nitrogens with one attached hydrogen (secondary N) is 1. The van der Waals surface area contributed by atoms with Crippen molar-refractivity contribution in [2.75, 3.05) is 51.7 Å². The van der Waals surface area contributed by atoms with Gasteiger partial charge in [-0.05, 0) is 51.8 Å². The number of piperazine rings is 1. The van der Waals surface area contributed by atoms with Crippen molar-refractivity contribution in [3.63, 3.8) is 0 Å². The SMILES string of the molecule is CN1CCN(CC2(COc3ncc4c5c(c(-c6ncc(F)c7sc(NC(=O)OC(C)(C)C)c(C#N)c67)c(F)c4n3)COC5)CC2)CC1. The Balaban J connectivity index is 1.26. The summed E-state index contributed by atoms with van der Waals surface area (Å²) in [5.41, 5.74) is 0.541. The van der Waals surface area contributed by atoms with Crippen LogP contribution in [-0.4, -0.2) is 82.8 Å². The maximum Gasteiger partial charge on any atom is 0.412 e. The van der Waals surface area contributed by atoms with Gasteiger partial charge in [0.15, 0.2) is 11.6 Å². The number of hydrogen-bond acceptors (Lipinski definition) is 11. The van der Waals surface area contributed by atoms with E-state index in [1.54, 1.807) is 27.0 Å². The summed E-state index contributed by atoms with van der Waals surface area (Å²) in [6.07, 6.45) is 3.84. The minimum absolute atomic E-state index is 0.0262. The molecule has 1 saturated heterocycles. The van der Waals surface area contributed by atoms with Gasteiger partial charge >= 0.3 is 12.1 Å². The lowest BCUT2D eigenvalue weighted by molar-refractivity contribution is 0.0636. The number of thiophene rings is 1. The Morgan fingerprint density at radius 1 is 1.15 bits per heavy atom. The fraction of sp³-hybridized carbons (Fsp3) is 0.485. The lowest BCUT2D eigenvalue weighted by Crippen LogP contribution is -2.47. The minimum Gasteiger partial charge on any atom is -0.463 e. The number of pyridine rings is 1. The Kier molecular flexibility index (Phi) is 7.99. The maximum absolute atomic E-state index is 16.8. The van der Waals surface area contributed by atoms with Gasteiger partial charge in [-0.2, -0.15) is 10.2 Å². The molecule has 246 valence electrons. The number of rotatable bonds is 7. The molecule has 1 aliphatic carbocycles. The van der Waals surface area contributed by atoms with E-state index in [-0.39, 0.29) is 62.1 Å². The van der Waals surface area contributed by atoms with Crippen LogP contribution in [0.15, 0.2) is 12.4 Å². The van der Waals surface area contributed by atoms with E-state index in [9.17, 15) is 10.1 Å². The van der Waals surface area contributed by atoms with Crippen molar-refractivity contribution in [3.8, 4) is 23.3 Å². The number of amides is 1. The van der Waals surface area contributed by atoms with Crippen LogP contribution in [0, 0.1) is 28.4 Å². The van der Waals surface area contributed by atoms with Crippen LogP contribution in [0.5, 0.6) is 6.01 Å². The first kappa shape index (κ1) is 31.6. The molecule has 3 aliphatic rings. The Labute approximate surface area is 274 Å². The molecule has 2 aliphatic heterocycles. The van der Waals surface area contributed by atoms with Crippen LogP contribution in [0.1, 0.15) is 50.3 Å². The van der Waals surface area contributed by atoms with E-state index in [0.717, 1.165) is 63.1 Å². The number of hydrogen-bond donors (Lipinski definition) is 1. The molecule has 11 nitrogen and oxygen atoms in total. The standard InChI is InChI=1S/C33H35F2N7O4S/c1-32(2,3)46-31(43)40-29-18(11-36)24-27(37-13-22(34)28(24)47-29)23-21-15-44-14-20(21)19-12-38-30(39-26(19)25(23)35)45-17-33(5-6-33)16-42-9-7-41(4)8-10-42/h12-13H,5-10,14-17H2,1-4H3,(H,40,43). The minimum atomic E-state index is -0.803. The zero-order valence-electron chi connectivity index (χ0n) is 26.7. The monoisotopic (exact) mass is 663 g/mol. The van der Waals surface area contributed by atoms with Crippen LogP contribution < -0.4 is 10.1 Å². The van der Waals surface area contributed by atoms with Gasteiger partial charge in [-0.3, -0.25) is 10.3 Å². The van der Waals surface area contributed by atoms with Crippen molar-refractivity contribution >= 4 is 43.4 Å². The van der Waals surface area contributed by atoms with Crippen molar-refractivity contribution in [3.05, 3.63) is 40.7 Å². The van der Waals surface area contributed by atoms with E-state index < -0.39 is 23.3 Å². The fourth-order valence-corrected chi connectivity index (χ4v) is 7.33. The van der Waals surface area contributed by atoms with Crippen LogP contribution in [0.2, 0.25) is 0 Å². The summed E-state index contributed by atoms with van der Waals surface area (Å²) in [7, 11) is 2.13. The molecule has 0 bridgehead atoms. The third-order valence-electron chi connectivity index (χ3n) is 8.93. The summed E-state index contributed by atoms with van der Waals surface area (Å²) in [5.74, 6) is -1.41. The number of anilines is 1. The summed E-state index contributed by atoms with van der Waals surface area (Å²) in [5, 5.41) is 13.4. The quantitative estimate of drug-likeness (QED) is 0.258. The molecule has 7 rings (SSSR count). The number of carbonyl (C=O) groups excluding carboxylic acids is 1. The van der Waals surface area contributed by atoms with Crippen LogP contribution in [0.25, 0.3) is 32.2 Å².